The molecular weight excluding hydrogens is 292 g/mol. The summed E-state index contributed by atoms with van der Waals surface area (Å²) in [5.74, 6) is 0.496. The van der Waals surface area contributed by atoms with Crippen molar-refractivity contribution in [2.24, 2.45) is 0 Å². The van der Waals surface area contributed by atoms with Crippen molar-refractivity contribution in [3.8, 4) is 0 Å². The van der Waals surface area contributed by atoms with Crippen molar-refractivity contribution in [3.05, 3.63) is 17.5 Å². The Morgan fingerprint density at radius 1 is 1.35 bits per heavy atom. The number of hydrogen-bond donors (Lipinski definition) is 1. The highest BCUT2D eigenvalue weighted by atomic mass is 16.5. The van der Waals surface area contributed by atoms with Gasteiger partial charge in [0.1, 0.15) is 5.69 Å². The Balaban J connectivity index is 2.06. The number of carbonyl (C=O) groups excluding carboxylic acids is 1. The molecule has 6 heteroatoms. The molecule has 6 nitrogen and oxygen atoms in total. The van der Waals surface area contributed by atoms with Crippen LogP contribution in [0.3, 0.4) is 0 Å². The zero-order valence-corrected chi connectivity index (χ0v) is 14.5. The van der Waals surface area contributed by atoms with Crippen molar-refractivity contribution in [3.63, 3.8) is 0 Å². The first-order valence-corrected chi connectivity index (χ1v) is 8.64. The van der Waals surface area contributed by atoms with Gasteiger partial charge in [0.2, 0.25) is 5.95 Å². The average molecular weight is 320 g/mol. The summed E-state index contributed by atoms with van der Waals surface area (Å²) >= 11 is 0. The molecule has 128 valence electrons. The summed E-state index contributed by atoms with van der Waals surface area (Å²) in [5, 5.41) is 3.21. The van der Waals surface area contributed by atoms with Crippen molar-refractivity contribution in [2.45, 2.75) is 52.6 Å². The lowest BCUT2D eigenvalue weighted by Crippen LogP contribution is -2.33. The molecule has 0 bridgehead atoms. The molecule has 1 atom stereocenters. The molecule has 1 unspecified atom stereocenters. The maximum Gasteiger partial charge on any atom is 0.272 e. The number of amides is 1. The van der Waals surface area contributed by atoms with E-state index in [1.54, 1.807) is 6.07 Å². The molecule has 23 heavy (non-hydrogen) atoms. The topological polar surface area (TPSA) is 67.4 Å². The molecule has 0 spiro atoms. The van der Waals surface area contributed by atoms with Crippen LogP contribution in [0.4, 0.5) is 5.95 Å². The normalized spacial score (nSPS) is 17.3. The van der Waals surface area contributed by atoms with Gasteiger partial charge in [-0.25, -0.2) is 9.97 Å². The number of aromatic nitrogens is 2. The number of ether oxygens (including phenoxy) is 1. The van der Waals surface area contributed by atoms with Gasteiger partial charge in [-0.15, -0.1) is 0 Å². The molecule has 0 aromatic carbocycles. The number of carbonyl (C=O) groups is 1. The third-order valence-corrected chi connectivity index (χ3v) is 3.86. The molecular formula is C17H28N4O2. The summed E-state index contributed by atoms with van der Waals surface area (Å²) in [6, 6.07) is 1.76. The quantitative estimate of drug-likeness (QED) is 0.797. The monoisotopic (exact) mass is 320 g/mol. The van der Waals surface area contributed by atoms with Crippen LogP contribution < -0.4 is 5.32 Å². The van der Waals surface area contributed by atoms with Gasteiger partial charge in [0.25, 0.3) is 5.91 Å². The van der Waals surface area contributed by atoms with E-state index in [1.807, 2.05) is 11.8 Å². The summed E-state index contributed by atoms with van der Waals surface area (Å²) < 4.78 is 5.59. The fourth-order valence-corrected chi connectivity index (χ4v) is 2.78. The summed E-state index contributed by atoms with van der Waals surface area (Å²) in [7, 11) is 0. The molecule has 0 radical (unpaired) electrons. The van der Waals surface area contributed by atoms with Crippen LogP contribution in [0.2, 0.25) is 0 Å². The van der Waals surface area contributed by atoms with Crippen LogP contribution in [0, 0.1) is 6.92 Å². The Hall–Kier alpha value is -1.69. The lowest BCUT2D eigenvalue weighted by atomic mass is 10.2. The van der Waals surface area contributed by atoms with Crippen LogP contribution in [0.25, 0.3) is 0 Å². The molecule has 1 N–H and O–H groups in total. The summed E-state index contributed by atoms with van der Waals surface area (Å²) in [5.41, 5.74) is 1.26. The van der Waals surface area contributed by atoms with E-state index in [0.717, 1.165) is 51.1 Å². The van der Waals surface area contributed by atoms with E-state index in [2.05, 4.69) is 29.1 Å². The van der Waals surface area contributed by atoms with E-state index >= 15 is 0 Å². The van der Waals surface area contributed by atoms with Gasteiger partial charge in [-0.05, 0) is 38.7 Å². The first-order chi connectivity index (χ1) is 11.1. The Morgan fingerprint density at radius 2 is 2.09 bits per heavy atom. The number of nitrogens with zero attached hydrogens (tertiary/aromatic N) is 3. The van der Waals surface area contributed by atoms with E-state index < -0.39 is 0 Å². The molecule has 0 saturated carbocycles. The minimum atomic E-state index is -0.0145. The minimum Gasteiger partial charge on any atom is -0.376 e. The minimum absolute atomic E-state index is 0.0145. The van der Waals surface area contributed by atoms with Crippen LogP contribution in [0.5, 0.6) is 0 Å². The number of nitrogens with one attached hydrogen (secondary N) is 1. The maximum absolute atomic E-state index is 12.7. The first kappa shape index (κ1) is 17.7. The molecule has 1 fully saturated rings. The second-order valence-electron chi connectivity index (χ2n) is 6.03. The Labute approximate surface area is 138 Å². The SMILES string of the molecule is CCCN(CCC)C(=O)c1cc(C)nc(NCC2CCCO2)n1. The second-order valence-corrected chi connectivity index (χ2v) is 6.03. The number of anilines is 1. The van der Waals surface area contributed by atoms with Gasteiger partial charge in [0.05, 0.1) is 6.10 Å². The highest BCUT2D eigenvalue weighted by molar-refractivity contribution is 5.92. The lowest BCUT2D eigenvalue weighted by molar-refractivity contribution is 0.0749. The van der Waals surface area contributed by atoms with Gasteiger partial charge in [0, 0.05) is 31.9 Å². The highest BCUT2D eigenvalue weighted by Crippen LogP contribution is 2.13. The fourth-order valence-electron chi connectivity index (χ4n) is 2.78. The number of hydrogen-bond acceptors (Lipinski definition) is 5. The molecule has 1 aliphatic heterocycles. The smallest absolute Gasteiger partial charge is 0.272 e. The summed E-state index contributed by atoms with van der Waals surface area (Å²) in [6.07, 6.45) is 4.27. The predicted molar refractivity (Wildman–Crippen MR) is 90.7 cm³/mol. The Bertz CT molecular complexity index is 509. The molecule has 1 aliphatic rings. The average Bonchev–Trinajstić information content (AvgIpc) is 3.05. The molecule has 2 rings (SSSR count). The molecule has 0 aliphatic carbocycles. The van der Waals surface area contributed by atoms with E-state index in [4.69, 9.17) is 4.74 Å². The van der Waals surface area contributed by atoms with E-state index in [1.165, 1.54) is 0 Å². The van der Waals surface area contributed by atoms with Crippen LogP contribution in [-0.4, -0.2) is 53.1 Å². The van der Waals surface area contributed by atoms with Crippen molar-refractivity contribution in [2.75, 3.05) is 31.6 Å². The highest BCUT2D eigenvalue weighted by Gasteiger charge is 2.19. The van der Waals surface area contributed by atoms with Gasteiger partial charge >= 0.3 is 0 Å². The van der Waals surface area contributed by atoms with Gasteiger partial charge in [-0.3, -0.25) is 4.79 Å². The zero-order chi connectivity index (χ0) is 16.7. The third kappa shape index (κ3) is 5.16. The standard InChI is InChI=1S/C17H28N4O2/c1-4-8-21(9-5-2)16(22)15-11-13(3)19-17(20-15)18-12-14-7-6-10-23-14/h11,14H,4-10,12H2,1-3H3,(H,18,19,20). The summed E-state index contributed by atoms with van der Waals surface area (Å²) in [4.78, 5) is 23.3. The van der Waals surface area contributed by atoms with Crippen molar-refractivity contribution < 1.29 is 9.53 Å². The number of aryl methyl sites for hydroxylation is 1. The lowest BCUT2D eigenvalue weighted by Gasteiger charge is -2.21. The van der Waals surface area contributed by atoms with E-state index in [-0.39, 0.29) is 12.0 Å². The Morgan fingerprint density at radius 3 is 2.70 bits per heavy atom. The largest absolute Gasteiger partial charge is 0.376 e. The third-order valence-electron chi connectivity index (χ3n) is 3.86. The molecule has 1 aromatic heterocycles. The van der Waals surface area contributed by atoms with Gasteiger partial charge in [0.15, 0.2) is 0 Å². The molecule has 1 aromatic rings. The van der Waals surface area contributed by atoms with Crippen LogP contribution in [-0.2, 0) is 4.74 Å². The van der Waals surface area contributed by atoms with Crippen LogP contribution in [0.1, 0.15) is 55.7 Å². The van der Waals surface area contributed by atoms with E-state index in [9.17, 15) is 4.79 Å². The van der Waals surface area contributed by atoms with Crippen molar-refractivity contribution >= 4 is 11.9 Å². The zero-order valence-electron chi connectivity index (χ0n) is 14.5. The maximum atomic E-state index is 12.7. The number of rotatable bonds is 8. The predicted octanol–water partition coefficient (Wildman–Crippen LogP) is 2.64. The van der Waals surface area contributed by atoms with E-state index in [0.29, 0.717) is 18.2 Å². The molecule has 1 saturated heterocycles. The van der Waals surface area contributed by atoms with Crippen molar-refractivity contribution in [1.29, 1.82) is 0 Å². The van der Waals surface area contributed by atoms with Gasteiger partial charge in [-0.1, -0.05) is 13.8 Å². The summed E-state index contributed by atoms with van der Waals surface area (Å²) in [6.45, 7) is 9.08. The molecule has 1 amide bonds. The van der Waals surface area contributed by atoms with Crippen LogP contribution >= 0.6 is 0 Å². The fraction of sp³-hybridized carbons (Fsp3) is 0.706. The van der Waals surface area contributed by atoms with Crippen LogP contribution in [0.15, 0.2) is 6.07 Å². The Kier molecular flexibility index (Phi) is 6.77. The van der Waals surface area contributed by atoms with Crippen molar-refractivity contribution in [1.82, 2.24) is 14.9 Å². The van der Waals surface area contributed by atoms with Gasteiger partial charge < -0.3 is 15.0 Å². The second kappa shape index (κ2) is 8.82. The molecule has 2 heterocycles. The first-order valence-electron chi connectivity index (χ1n) is 8.64. The van der Waals surface area contributed by atoms with Gasteiger partial charge in [-0.2, -0.15) is 0 Å².